The normalized spacial score (nSPS) is 11.5. The summed E-state index contributed by atoms with van der Waals surface area (Å²) in [4.78, 5) is 10.4. The molecule has 0 aliphatic heterocycles. The van der Waals surface area contributed by atoms with Crippen LogP contribution in [0.1, 0.15) is 155 Å². The Morgan fingerprint density at radius 3 is 1.17 bits per heavy atom. The molecule has 0 radical (unpaired) electrons. The predicted molar refractivity (Wildman–Crippen MR) is 129 cm³/mol. The summed E-state index contributed by atoms with van der Waals surface area (Å²) in [5, 5.41) is 8.59. The highest BCUT2D eigenvalue weighted by atomic mass is 16.4. The topological polar surface area (TPSA) is 37.3 Å². The molecule has 0 rings (SSSR count). The van der Waals surface area contributed by atoms with Crippen molar-refractivity contribution >= 4 is 5.97 Å². The van der Waals surface area contributed by atoms with E-state index in [0.717, 1.165) is 12.8 Å². The minimum Gasteiger partial charge on any atom is -0.481 e. The zero-order valence-corrected chi connectivity index (χ0v) is 19.8. The highest BCUT2D eigenvalue weighted by Crippen LogP contribution is 2.13. The van der Waals surface area contributed by atoms with Crippen LogP contribution in [0.4, 0.5) is 0 Å². The van der Waals surface area contributed by atoms with Gasteiger partial charge in [0.1, 0.15) is 0 Å². The van der Waals surface area contributed by atoms with Crippen LogP contribution in [-0.4, -0.2) is 11.1 Å². The Hall–Kier alpha value is -0.790. The molecule has 0 bridgehead atoms. The molecule has 0 aliphatic rings. The van der Waals surface area contributed by atoms with E-state index in [1.54, 1.807) is 0 Å². The fraction of sp³-hybridized carbons (Fsp3) is 0.889. The number of carboxylic acid groups (broad SMARTS) is 1. The first-order valence-electron chi connectivity index (χ1n) is 13.1. The number of aliphatic carboxylic acids is 1. The summed E-state index contributed by atoms with van der Waals surface area (Å²) >= 11 is 0. The lowest BCUT2D eigenvalue weighted by Crippen LogP contribution is -1.93. The maximum Gasteiger partial charge on any atom is 0.303 e. The fourth-order valence-corrected chi connectivity index (χ4v) is 3.94. The van der Waals surface area contributed by atoms with Crippen LogP contribution in [-0.2, 0) is 4.79 Å². The standard InChI is InChI=1S/C27H52O2/c1-2-3-4-5-6-7-8-9-10-11-12-13-14-15-16-17-18-19-20-21-22-23-24-25-26-27(28)29/h14-15H,2-13,16-26H2,1H3,(H,28,29). The van der Waals surface area contributed by atoms with Crippen LogP contribution < -0.4 is 0 Å². The summed E-state index contributed by atoms with van der Waals surface area (Å²) in [6.07, 6.45) is 34.5. The molecule has 1 N–H and O–H groups in total. The van der Waals surface area contributed by atoms with Gasteiger partial charge in [-0.25, -0.2) is 0 Å². The monoisotopic (exact) mass is 408 g/mol. The van der Waals surface area contributed by atoms with E-state index in [9.17, 15) is 4.79 Å². The van der Waals surface area contributed by atoms with Crippen LogP contribution in [0.5, 0.6) is 0 Å². The summed E-state index contributed by atoms with van der Waals surface area (Å²) in [6.45, 7) is 2.29. The van der Waals surface area contributed by atoms with E-state index in [1.165, 1.54) is 128 Å². The van der Waals surface area contributed by atoms with Crippen molar-refractivity contribution in [2.24, 2.45) is 0 Å². The van der Waals surface area contributed by atoms with Gasteiger partial charge >= 0.3 is 5.97 Å². The summed E-state index contributed by atoms with van der Waals surface area (Å²) in [5.41, 5.74) is 0. The Kier molecular flexibility index (Phi) is 24.6. The van der Waals surface area contributed by atoms with Gasteiger partial charge in [-0.2, -0.15) is 0 Å². The first-order valence-corrected chi connectivity index (χ1v) is 13.1. The summed E-state index contributed by atoms with van der Waals surface area (Å²) in [7, 11) is 0. The summed E-state index contributed by atoms with van der Waals surface area (Å²) in [5.74, 6) is -0.655. The molecule has 0 spiro atoms. The SMILES string of the molecule is CCCCCCCCCCCCCC=CCCCCCCCCCCCC(=O)O. The minimum atomic E-state index is -0.655. The maximum absolute atomic E-state index is 10.4. The second kappa shape index (κ2) is 25.2. The number of rotatable bonds is 24. The number of unbranched alkanes of at least 4 members (excludes halogenated alkanes) is 20. The number of hydrogen-bond donors (Lipinski definition) is 1. The van der Waals surface area contributed by atoms with Crippen LogP contribution in [0.2, 0.25) is 0 Å². The third-order valence-electron chi connectivity index (χ3n) is 5.90. The average molecular weight is 409 g/mol. The maximum atomic E-state index is 10.4. The van der Waals surface area contributed by atoms with E-state index in [1.807, 2.05) is 0 Å². The molecule has 0 aliphatic carbocycles. The molecule has 29 heavy (non-hydrogen) atoms. The van der Waals surface area contributed by atoms with Crippen molar-refractivity contribution in [1.29, 1.82) is 0 Å². The van der Waals surface area contributed by atoms with E-state index in [-0.39, 0.29) is 0 Å². The van der Waals surface area contributed by atoms with Gasteiger partial charge in [-0.3, -0.25) is 4.79 Å². The molecule has 0 aromatic heterocycles. The Bertz CT molecular complexity index is 348. The van der Waals surface area contributed by atoms with Gasteiger partial charge in [-0.05, 0) is 32.1 Å². The highest BCUT2D eigenvalue weighted by molar-refractivity contribution is 5.66. The summed E-state index contributed by atoms with van der Waals surface area (Å²) < 4.78 is 0. The van der Waals surface area contributed by atoms with E-state index in [0.29, 0.717) is 6.42 Å². The minimum absolute atomic E-state index is 0.340. The molecule has 0 aromatic carbocycles. The van der Waals surface area contributed by atoms with Crippen molar-refractivity contribution in [1.82, 2.24) is 0 Å². The first-order chi connectivity index (χ1) is 14.3. The van der Waals surface area contributed by atoms with Gasteiger partial charge in [0.05, 0.1) is 0 Å². The molecule has 0 atom stereocenters. The fourth-order valence-electron chi connectivity index (χ4n) is 3.94. The molecule has 172 valence electrons. The number of carboxylic acids is 1. The zero-order valence-electron chi connectivity index (χ0n) is 19.8. The number of allylic oxidation sites excluding steroid dienone is 2. The van der Waals surface area contributed by atoms with Crippen molar-refractivity contribution in [2.75, 3.05) is 0 Å². The van der Waals surface area contributed by atoms with Crippen molar-refractivity contribution in [3.05, 3.63) is 12.2 Å². The van der Waals surface area contributed by atoms with E-state index in [2.05, 4.69) is 19.1 Å². The Labute approximate surface area is 182 Å². The van der Waals surface area contributed by atoms with Gasteiger partial charge in [-0.15, -0.1) is 0 Å². The summed E-state index contributed by atoms with van der Waals surface area (Å²) in [6, 6.07) is 0. The largest absolute Gasteiger partial charge is 0.481 e. The van der Waals surface area contributed by atoms with Crippen LogP contribution in [0.3, 0.4) is 0 Å². The molecule has 0 heterocycles. The van der Waals surface area contributed by atoms with Crippen molar-refractivity contribution in [3.63, 3.8) is 0 Å². The second-order valence-corrected chi connectivity index (χ2v) is 8.91. The number of hydrogen-bond acceptors (Lipinski definition) is 1. The van der Waals surface area contributed by atoms with Crippen LogP contribution in [0, 0.1) is 0 Å². The Balaban J connectivity index is 3.08. The molecule has 0 unspecified atom stereocenters. The molecule has 2 heteroatoms. The van der Waals surface area contributed by atoms with Crippen molar-refractivity contribution in [3.8, 4) is 0 Å². The molecule has 0 saturated heterocycles. The quantitative estimate of drug-likeness (QED) is 0.127. The Morgan fingerprint density at radius 2 is 0.828 bits per heavy atom. The third-order valence-corrected chi connectivity index (χ3v) is 5.90. The lowest BCUT2D eigenvalue weighted by molar-refractivity contribution is -0.137. The van der Waals surface area contributed by atoms with Gasteiger partial charge in [0.2, 0.25) is 0 Å². The van der Waals surface area contributed by atoms with Gasteiger partial charge in [0, 0.05) is 6.42 Å². The Morgan fingerprint density at radius 1 is 0.517 bits per heavy atom. The van der Waals surface area contributed by atoms with Gasteiger partial charge < -0.3 is 5.11 Å². The van der Waals surface area contributed by atoms with Gasteiger partial charge in [0.25, 0.3) is 0 Å². The van der Waals surface area contributed by atoms with Crippen molar-refractivity contribution in [2.45, 2.75) is 155 Å². The van der Waals surface area contributed by atoms with E-state index in [4.69, 9.17) is 5.11 Å². The van der Waals surface area contributed by atoms with E-state index >= 15 is 0 Å². The van der Waals surface area contributed by atoms with E-state index < -0.39 is 5.97 Å². The second-order valence-electron chi connectivity index (χ2n) is 8.91. The molecule has 0 saturated carbocycles. The molecule has 0 aromatic rings. The molecular weight excluding hydrogens is 356 g/mol. The third kappa shape index (κ3) is 27.2. The molecular formula is C27H52O2. The predicted octanol–water partition coefficient (Wildman–Crippen LogP) is 9.62. The van der Waals surface area contributed by atoms with Crippen LogP contribution in [0.25, 0.3) is 0 Å². The lowest BCUT2D eigenvalue weighted by atomic mass is 10.0. The number of carbonyl (C=O) groups is 1. The molecule has 0 fully saturated rings. The first kappa shape index (κ1) is 28.2. The average Bonchev–Trinajstić information content (AvgIpc) is 2.71. The smallest absolute Gasteiger partial charge is 0.303 e. The van der Waals surface area contributed by atoms with Crippen LogP contribution in [0.15, 0.2) is 12.2 Å². The van der Waals surface area contributed by atoms with Crippen LogP contribution >= 0.6 is 0 Å². The van der Waals surface area contributed by atoms with Gasteiger partial charge in [0.15, 0.2) is 0 Å². The van der Waals surface area contributed by atoms with Gasteiger partial charge in [-0.1, -0.05) is 128 Å². The lowest BCUT2D eigenvalue weighted by Gasteiger charge is -2.02. The molecule has 0 amide bonds. The molecule has 2 nitrogen and oxygen atoms in total. The highest BCUT2D eigenvalue weighted by Gasteiger charge is 1.97. The van der Waals surface area contributed by atoms with Crippen molar-refractivity contribution < 1.29 is 9.90 Å². The zero-order chi connectivity index (χ0) is 21.3.